The van der Waals surface area contributed by atoms with E-state index in [9.17, 15) is 0 Å². The zero-order valence-electron chi connectivity index (χ0n) is 9.59. The molecule has 0 radical (unpaired) electrons. The molecule has 0 saturated carbocycles. The van der Waals surface area contributed by atoms with Gasteiger partial charge in [-0.1, -0.05) is 34.1 Å². The van der Waals surface area contributed by atoms with E-state index < -0.39 is 0 Å². The van der Waals surface area contributed by atoms with Crippen molar-refractivity contribution in [2.45, 2.75) is 47.0 Å². The number of hydrogen-bond acceptors (Lipinski definition) is 1. The molecule has 0 aromatic carbocycles. The average molecular weight is 182 g/mol. The highest BCUT2D eigenvalue weighted by Crippen LogP contribution is 2.08. The van der Waals surface area contributed by atoms with Gasteiger partial charge in [0, 0.05) is 13.2 Å². The fourth-order valence-corrected chi connectivity index (χ4v) is 1.36. The van der Waals surface area contributed by atoms with Crippen molar-refractivity contribution in [3.8, 4) is 0 Å². The molecule has 0 saturated heterocycles. The van der Waals surface area contributed by atoms with E-state index in [1.54, 1.807) is 0 Å². The van der Waals surface area contributed by atoms with Gasteiger partial charge in [-0.25, -0.2) is 0 Å². The van der Waals surface area contributed by atoms with Crippen molar-refractivity contribution in [2.24, 2.45) is 7.05 Å². The molecule has 0 amide bonds. The third-order valence-corrected chi connectivity index (χ3v) is 1.85. The first kappa shape index (κ1) is 12.2. The lowest BCUT2D eigenvalue weighted by molar-refractivity contribution is 0.746. The second-order valence-electron chi connectivity index (χ2n) is 2.88. The molecule has 0 fully saturated rings. The van der Waals surface area contributed by atoms with Gasteiger partial charge in [-0.3, -0.25) is 4.68 Å². The van der Waals surface area contributed by atoms with E-state index in [2.05, 4.69) is 25.1 Å². The number of rotatable bonds is 3. The topological polar surface area (TPSA) is 17.8 Å². The Kier molecular flexibility index (Phi) is 6.29. The van der Waals surface area contributed by atoms with Crippen LogP contribution in [0.4, 0.5) is 0 Å². The second-order valence-corrected chi connectivity index (χ2v) is 2.88. The summed E-state index contributed by atoms with van der Waals surface area (Å²) in [4.78, 5) is 0. The van der Waals surface area contributed by atoms with Crippen molar-refractivity contribution in [1.82, 2.24) is 9.78 Å². The van der Waals surface area contributed by atoms with Gasteiger partial charge < -0.3 is 0 Å². The van der Waals surface area contributed by atoms with Crippen LogP contribution in [-0.2, 0) is 19.9 Å². The van der Waals surface area contributed by atoms with Crippen molar-refractivity contribution in [3.63, 3.8) is 0 Å². The van der Waals surface area contributed by atoms with Gasteiger partial charge in [-0.2, -0.15) is 5.10 Å². The highest BCUT2D eigenvalue weighted by atomic mass is 15.2. The Morgan fingerprint density at radius 1 is 1.31 bits per heavy atom. The highest BCUT2D eigenvalue weighted by molar-refractivity contribution is 5.16. The Morgan fingerprint density at radius 3 is 2.38 bits per heavy atom. The van der Waals surface area contributed by atoms with E-state index in [-0.39, 0.29) is 0 Å². The minimum Gasteiger partial charge on any atom is -0.275 e. The summed E-state index contributed by atoms with van der Waals surface area (Å²) in [5.41, 5.74) is 2.67. The summed E-state index contributed by atoms with van der Waals surface area (Å²) in [7, 11) is 1.98. The lowest BCUT2D eigenvalue weighted by atomic mass is 10.1. The molecule has 0 N–H and O–H groups in total. The van der Waals surface area contributed by atoms with Gasteiger partial charge in [0.15, 0.2) is 0 Å². The number of aromatic nitrogens is 2. The molecule has 0 bridgehead atoms. The number of aryl methyl sites for hydroxylation is 3. The molecule has 0 aliphatic heterocycles. The first-order valence-electron chi connectivity index (χ1n) is 5.29. The minimum absolute atomic E-state index is 1.05. The third-order valence-electron chi connectivity index (χ3n) is 1.85. The fourth-order valence-electron chi connectivity index (χ4n) is 1.36. The van der Waals surface area contributed by atoms with Gasteiger partial charge in [0.05, 0.1) is 5.69 Å². The molecule has 0 aliphatic carbocycles. The molecule has 1 aromatic heterocycles. The van der Waals surface area contributed by atoms with Crippen molar-refractivity contribution in [1.29, 1.82) is 0 Å². The zero-order chi connectivity index (χ0) is 10.3. The molecule has 2 heteroatoms. The van der Waals surface area contributed by atoms with Crippen LogP contribution in [-0.4, -0.2) is 9.78 Å². The van der Waals surface area contributed by atoms with Gasteiger partial charge in [-0.05, 0) is 18.4 Å². The standard InChI is InChI=1S/C9H16N2.C2H6/c1-4-6-8-7-11(3)10-9(8)5-2;1-2/h7H,4-6H2,1-3H3;1-2H3. The van der Waals surface area contributed by atoms with Crippen LogP contribution >= 0.6 is 0 Å². The molecule has 76 valence electrons. The van der Waals surface area contributed by atoms with E-state index in [0.717, 1.165) is 12.8 Å². The summed E-state index contributed by atoms with van der Waals surface area (Å²) >= 11 is 0. The Morgan fingerprint density at radius 2 is 1.92 bits per heavy atom. The van der Waals surface area contributed by atoms with Crippen molar-refractivity contribution < 1.29 is 0 Å². The quantitative estimate of drug-likeness (QED) is 0.702. The lowest BCUT2D eigenvalue weighted by Gasteiger charge is -1.94. The molecule has 13 heavy (non-hydrogen) atoms. The summed E-state index contributed by atoms with van der Waals surface area (Å²) in [5, 5.41) is 4.36. The summed E-state index contributed by atoms with van der Waals surface area (Å²) in [5.74, 6) is 0. The van der Waals surface area contributed by atoms with Crippen LogP contribution in [0.3, 0.4) is 0 Å². The van der Waals surface area contributed by atoms with Crippen LogP contribution in [0.1, 0.15) is 45.4 Å². The van der Waals surface area contributed by atoms with Gasteiger partial charge >= 0.3 is 0 Å². The average Bonchev–Trinajstić information content (AvgIpc) is 2.50. The molecule has 0 spiro atoms. The van der Waals surface area contributed by atoms with Gasteiger partial charge in [0.2, 0.25) is 0 Å². The molecular weight excluding hydrogens is 160 g/mol. The van der Waals surface area contributed by atoms with E-state index in [1.165, 1.54) is 17.7 Å². The van der Waals surface area contributed by atoms with Gasteiger partial charge in [-0.15, -0.1) is 0 Å². The molecular formula is C11H22N2. The van der Waals surface area contributed by atoms with Crippen molar-refractivity contribution >= 4 is 0 Å². The largest absolute Gasteiger partial charge is 0.275 e. The summed E-state index contributed by atoms with van der Waals surface area (Å²) in [6, 6.07) is 0. The van der Waals surface area contributed by atoms with E-state index in [4.69, 9.17) is 0 Å². The number of hydrogen-bond donors (Lipinski definition) is 0. The van der Waals surface area contributed by atoms with Gasteiger partial charge in [0.1, 0.15) is 0 Å². The van der Waals surface area contributed by atoms with E-state index >= 15 is 0 Å². The molecule has 0 atom stereocenters. The summed E-state index contributed by atoms with van der Waals surface area (Å²) in [6.45, 7) is 8.36. The maximum Gasteiger partial charge on any atom is 0.0653 e. The van der Waals surface area contributed by atoms with Gasteiger partial charge in [0.25, 0.3) is 0 Å². The van der Waals surface area contributed by atoms with Crippen molar-refractivity contribution in [3.05, 3.63) is 17.5 Å². The fraction of sp³-hybridized carbons (Fsp3) is 0.727. The Hall–Kier alpha value is -0.790. The molecule has 1 rings (SSSR count). The van der Waals surface area contributed by atoms with Crippen molar-refractivity contribution in [2.75, 3.05) is 0 Å². The third kappa shape index (κ3) is 3.62. The Balaban J connectivity index is 0.000000671. The van der Waals surface area contributed by atoms with E-state index in [1.807, 2.05) is 25.6 Å². The minimum atomic E-state index is 1.05. The Labute approximate surface area is 82.0 Å². The Bertz CT molecular complexity index is 226. The normalized spacial score (nSPS) is 9.31. The summed E-state index contributed by atoms with van der Waals surface area (Å²) in [6.07, 6.45) is 5.55. The molecule has 1 aromatic rings. The first-order valence-corrected chi connectivity index (χ1v) is 5.29. The monoisotopic (exact) mass is 182 g/mol. The molecule has 0 aliphatic rings. The maximum atomic E-state index is 4.36. The SMILES string of the molecule is CC.CCCc1cn(C)nc1CC. The van der Waals surface area contributed by atoms with Crippen LogP contribution in [0.15, 0.2) is 6.20 Å². The second kappa shape index (κ2) is 6.70. The molecule has 0 unspecified atom stereocenters. The molecule has 1 heterocycles. The first-order chi connectivity index (χ1) is 6.27. The number of nitrogens with zero attached hydrogens (tertiary/aromatic N) is 2. The van der Waals surface area contributed by atoms with E-state index in [0.29, 0.717) is 0 Å². The van der Waals surface area contributed by atoms with Crippen LogP contribution < -0.4 is 0 Å². The summed E-state index contributed by atoms with van der Waals surface area (Å²) < 4.78 is 1.91. The zero-order valence-corrected chi connectivity index (χ0v) is 9.59. The maximum absolute atomic E-state index is 4.36. The molecule has 2 nitrogen and oxygen atoms in total. The van der Waals surface area contributed by atoms with Crippen LogP contribution in [0.2, 0.25) is 0 Å². The highest BCUT2D eigenvalue weighted by Gasteiger charge is 2.02. The lowest BCUT2D eigenvalue weighted by Crippen LogP contribution is -1.90. The predicted molar refractivity (Wildman–Crippen MR) is 57.9 cm³/mol. The predicted octanol–water partition coefficient (Wildman–Crippen LogP) is 2.96. The van der Waals surface area contributed by atoms with Crippen LogP contribution in [0.25, 0.3) is 0 Å². The smallest absolute Gasteiger partial charge is 0.0653 e. The van der Waals surface area contributed by atoms with Crippen LogP contribution in [0, 0.1) is 0 Å². The van der Waals surface area contributed by atoms with Crippen LogP contribution in [0.5, 0.6) is 0 Å².